The Bertz CT molecular complexity index is 2060. The van der Waals surface area contributed by atoms with Crippen LogP contribution in [0.15, 0.2) is 132 Å². The minimum absolute atomic E-state index is 0.119. The van der Waals surface area contributed by atoms with E-state index < -0.39 is 40.4 Å². The molecule has 1 atom stereocenters. The van der Waals surface area contributed by atoms with Gasteiger partial charge in [-0.15, -0.1) is 11.8 Å². The number of amides is 3. The number of alkyl halides is 3. The predicted octanol–water partition coefficient (Wildman–Crippen LogP) is 10.5. The standard InChI is InChI=1S/C37H25Cl3F3N3O3S/c38-25-16-17-31(29(19-25)37(41,42)43)45-36(49)33(22-8-3-1-4-9-22)50-28-13-7-12-27(21-28)44-35(48)32(18-24-14-15-26(39)20-30(24)40)46-34(47)23-10-5-2-6-11-23/h1-21,33H,(H,44,48)(H,45,49)(H,46,47)/b32-18+. The summed E-state index contributed by atoms with van der Waals surface area (Å²) < 4.78 is 41.3. The maximum absolute atomic E-state index is 13.8. The minimum atomic E-state index is -4.76. The molecule has 3 amide bonds. The number of hydrogen-bond donors (Lipinski definition) is 3. The first-order valence-corrected chi connectivity index (χ1v) is 16.7. The number of hydrogen-bond acceptors (Lipinski definition) is 4. The molecule has 0 saturated carbocycles. The zero-order valence-corrected chi connectivity index (χ0v) is 28.7. The van der Waals surface area contributed by atoms with Crippen molar-refractivity contribution in [2.45, 2.75) is 16.3 Å². The van der Waals surface area contributed by atoms with Crippen LogP contribution in [0.3, 0.4) is 0 Å². The van der Waals surface area contributed by atoms with Crippen molar-refractivity contribution >= 4 is 81.7 Å². The average Bonchev–Trinajstić information content (AvgIpc) is 3.09. The number of carbonyl (C=O) groups excluding carboxylic acids is 3. The van der Waals surface area contributed by atoms with Crippen molar-refractivity contribution in [3.63, 3.8) is 0 Å². The molecule has 13 heteroatoms. The van der Waals surface area contributed by atoms with E-state index in [-0.39, 0.29) is 15.7 Å². The molecule has 0 radical (unpaired) electrons. The van der Waals surface area contributed by atoms with E-state index in [1.165, 1.54) is 18.2 Å². The maximum Gasteiger partial charge on any atom is 0.418 e. The quantitative estimate of drug-likeness (QED) is 0.0979. The zero-order valence-electron chi connectivity index (χ0n) is 25.6. The maximum atomic E-state index is 13.8. The van der Waals surface area contributed by atoms with Crippen LogP contribution in [0, 0.1) is 0 Å². The molecule has 0 aromatic heterocycles. The van der Waals surface area contributed by atoms with Gasteiger partial charge >= 0.3 is 6.18 Å². The summed E-state index contributed by atoms with van der Waals surface area (Å²) in [6, 6.07) is 31.2. The summed E-state index contributed by atoms with van der Waals surface area (Å²) in [4.78, 5) is 40.8. The van der Waals surface area contributed by atoms with Crippen LogP contribution in [0.25, 0.3) is 6.08 Å². The third kappa shape index (κ3) is 9.70. The monoisotopic (exact) mass is 753 g/mol. The normalized spacial score (nSPS) is 12.2. The third-order valence-electron chi connectivity index (χ3n) is 7.02. The first-order chi connectivity index (χ1) is 23.9. The lowest BCUT2D eigenvalue weighted by Gasteiger charge is -2.20. The fourth-order valence-electron chi connectivity index (χ4n) is 4.66. The Morgan fingerprint density at radius 1 is 0.720 bits per heavy atom. The van der Waals surface area contributed by atoms with Crippen molar-refractivity contribution < 1.29 is 27.6 Å². The molecule has 0 heterocycles. The minimum Gasteiger partial charge on any atom is -0.324 e. The zero-order chi connectivity index (χ0) is 35.8. The molecule has 0 aliphatic rings. The second-order valence-corrected chi connectivity index (χ2v) is 13.1. The molecule has 254 valence electrons. The Kier molecular flexibility index (Phi) is 11.9. The van der Waals surface area contributed by atoms with Crippen molar-refractivity contribution in [2.75, 3.05) is 10.6 Å². The number of nitrogens with one attached hydrogen (secondary N) is 3. The summed E-state index contributed by atoms with van der Waals surface area (Å²) in [5.41, 5.74) is -0.0591. The topological polar surface area (TPSA) is 87.3 Å². The van der Waals surface area contributed by atoms with Crippen molar-refractivity contribution in [1.29, 1.82) is 0 Å². The second kappa shape index (κ2) is 16.3. The van der Waals surface area contributed by atoms with E-state index in [2.05, 4.69) is 16.0 Å². The molecular weight excluding hydrogens is 730 g/mol. The van der Waals surface area contributed by atoms with Gasteiger partial charge in [-0.1, -0.05) is 95.5 Å². The Morgan fingerprint density at radius 3 is 2.06 bits per heavy atom. The van der Waals surface area contributed by atoms with E-state index in [9.17, 15) is 27.6 Å². The number of benzene rings is 5. The largest absolute Gasteiger partial charge is 0.418 e. The van der Waals surface area contributed by atoms with Gasteiger partial charge in [0, 0.05) is 31.2 Å². The van der Waals surface area contributed by atoms with Gasteiger partial charge in [0.25, 0.3) is 11.8 Å². The molecule has 0 aliphatic carbocycles. The highest BCUT2D eigenvalue weighted by molar-refractivity contribution is 8.00. The van der Waals surface area contributed by atoms with E-state index in [1.807, 2.05) is 0 Å². The Hall–Kier alpha value is -4.74. The van der Waals surface area contributed by atoms with Crippen molar-refractivity contribution in [1.82, 2.24) is 5.32 Å². The van der Waals surface area contributed by atoms with Gasteiger partial charge in [-0.3, -0.25) is 14.4 Å². The summed E-state index contributed by atoms with van der Waals surface area (Å²) >= 11 is 19.3. The Morgan fingerprint density at radius 2 is 1.38 bits per heavy atom. The number of anilines is 2. The summed E-state index contributed by atoms with van der Waals surface area (Å²) in [6.07, 6.45) is -3.35. The van der Waals surface area contributed by atoms with Crippen molar-refractivity contribution in [2.24, 2.45) is 0 Å². The van der Waals surface area contributed by atoms with Crippen LogP contribution in [0.4, 0.5) is 24.5 Å². The predicted molar refractivity (Wildman–Crippen MR) is 194 cm³/mol. The second-order valence-electron chi connectivity index (χ2n) is 10.6. The molecular formula is C37H25Cl3F3N3O3S. The summed E-state index contributed by atoms with van der Waals surface area (Å²) in [5, 5.41) is 7.33. The van der Waals surface area contributed by atoms with Crippen LogP contribution in [0.2, 0.25) is 15.1 Å². The van der Waals surface area contributed by atoms with Gasteiger partial charge in [0.05, 0.1) is 11.3 Å². The van der Waals surface area contributed by atoms with E-state index in [4.69, 9.17) is 34.8 Å². The molecule has 5 aromatic rings. The van der Waals surface area contributed by atoms with Gasteiger partial charge in [0.15, 0.2) is 0 Å². The fourth-order valence-corrected chi connectivity index (χ4v) is 6.38. The third-order valence-corrected chi connectivity index (χ3v) is 9.07. The molecule has 0 saturated heterocycles. The highest BCUT2D eigenvalue weighted by atomic mass is 35.5. The van der Waals surface area contributed by atoms with Gasteiger partial charge in [-0.2, -0.15) is 13.2 Å². The SMILES string of the molecule is O=C(Nc1cccc(SC(C(=O)Nc2ccc(Cl)cc2C(F)(F)F)c2ccccc2)c1)/C(=C\c1ccc(Cl)cc1Cl)NC(=O)c1ccccc1. The first kappa shape index (κ1) is 36.5. The molecule has 0 fully saturated rings. The average molecular weight is 755 g/mol. The molecule has 3 N–H and O–H groups in total. The summed E-state index contributed by atoms with van der Waals surface area (Å²) in [5.74, 6) is -1.92. The Labute approximate surface area is 304 Å². The van der Waals surface area contributed by atoms with E-state index in [1.54, 1.807) is 97.1 Å². The lowest BCUT2D eigenvalue weighted by molar-refractivity contribution is -0.137. The highest BCUT2D eigenvalue weighted by Gasteiger charge is 2.35. The molecule has 0 spiro atoms. The number of halogens is 6. The van der Waals surface area contributed by atoms with Gasteiger partial charge in [-0.05, 0) is 77.9 Å². The van der Waals surface area contributed by atoms with E-state index >= 15 is 0 Å². The van der Waals surface area contributed by atoms with Crippen molar-refractivity contribution in [3.8, 4) is 0 Å². The lowest BCUT2D eigenvalue weighted by atomic mass is 10.1. The molecule has 50 heavy (non-hydrogen) atoms. The van der Waals surface area contributed by atoms with Crippen LogP contribution in [0.5, 0.6) is 0 Å². The number of carbonyl (C=O) groups is 3. The first-order valence-electron chi connectivity index (χ1n) is 14.7. The fraction of sp³-hybridized carbons (Fsp3) is 0.0541. The van der Waals surface area contributed by atoms with Crippen LogP contribution >= 0.6 is 46.6 Å². The van der Waals surface area contributed by atoms with Gasteiger partial charge in [0.2, 0.25) is 5.91 Å². The molecule has 0 bridgehead atoms. The van der Waals surface area contributed by atoms with E-state index in [0.29, 0.717) is 32.3 Å². The summed E-state index contributed by atoms with van der Waals surface area (Å²) in [6.45, 7) is 0. The molecule has 1 unspecified atom stereocenters. The van der Waals surface area contributed by atoms with Gasteiger partial charge in [-0.25, -0.2) is 0 Å². The lowest BCUT2D eigenvalue weighted by Crippen LogP contribution is -2.30. The van der Waals surface area contributed by atoms with Crippen molar-refractivity contribution in [3.05, 3.63) is 164 Å². The van der Waals surface area contributed by atoms with Crippen LogP contribution < -0.4 is 16.0 Å². The molecule has 5 aromatic carbocycles. The number of thioether (sulfide) groups is 1. The summed E-state index contributed by atoms with van der Waals surface area (Å²) in [7, 11) is 0. The Balaban J connectivity index is 1.41. The van der Waals surface area contributed by atoms with E-state index in [0.717, 1.165) is 23.9 Å². The highest BCUT2D eigenvalue weighted by Crippen LogP contribution is 2.40. The number of rotatable bonds is 10. The smallest absolute Gasteiger partial charge is 0.324 e. The van der Waals surface area contributed by atoms with Gasteiger partial charge < -0.3 is 16.0 Å². The van der Waals surface area contributed by atoms with Crippen LogP contribution in [-0.2, 0) is 15.8 Å². The molecule has 6 nitrogen and oxygen atoms in total. The van der Waals surface area contributed by atoms with Crippen LogP contribution in [-0.4, -0.2) is 17.7 Å². The molecule has 0 aliphatic heterocycles. The van der Waals surface area contributed by atoms with Gasteiger partial charge in [0.1, 0.15) is 10.9 Å². The van der Waals surface area contributed by atoms with Crippen LogP contribution in [0.1, 0.15) is 32.3 Å². The molecule has 5 rings (SSSR count).